The highest BCUT2D eigenvalue weighted by molar-refractivity contribution is 7.92. The normalized spacial score (nSPS) is 14.4. The number of ether oxygens (including phenoxy) is 2. The van der Waals surface area contributed by atoms with Crippen LogP contribution in [0.4, 0.5) is 15.8 Å². The van der Waals surface area contributed by atoms with Gasteiger partial charge in [0.2, 0.25) is 15.9 Å². The van der Waals surface area contributed by atoms with Gasteiger partial charge in [0.25, 0.3) is 10.0 Å². The van der Waals surface area contributed by atoms with Gasteiger partial charge in [-0.15, -0.1) is 0 Å². The predicted molar refractivity (Wildman–Crippen MR) is 148 cm³/mol. The molecule has 214 valence electrons. The van der Waals surface area contributed by atoms with E-state index in [1.807, 2.05) is 0 Å². The number of methoxy groups -OCH3 is 2. The van der Waals surface area contributed by atoms with Crippen LogP contribution in [0.25, 0.3) is 0 Å². The van der Waals surface area contributed by atoms with Crippen molar-refractivity contribution < 1.29 is 35.5 Å². The Morgan fingerprint density at radius 3 is 2.10 bits per heavy atom. The van der Waals surface area contributed by atoms with Gasteiger partial charge < -0.3 is 14.8 Å². The first-order valence-electron chi connectivity index (χ1n) is 12.5. The Morgan fingerprint density at radius 2 is 1.50 bits per heavy atom. The topological polar surface area (TPSA) is 122 Å². The number of amides is 1. The zero-order valence-corrected chi connectivity index (χ0v) is 23.7. The summed E-state index contributed by atoms with van der Waals surface area (Å²) in [5, 5.41) is 2.58. The zero-order valence-electron chi connectivity index (χ0n) is 22.0. The van der Waals surface area contributed by atoms with Gasteiger partial charge in [0.05, 0.1) is 35.4 Å². The minimum absolute atomic E-state index is 0.0215. The molecule has 13 heteroatoms. The lowest BCUT2D eigenvalue weighted by molar-refractivity contribution is -0.114. The van der Waals surface area contributed by atoms with Crippen LogP contribution in [-0.4, -0.2) is 60.9 Å². The minimum atomic E-state index is -4.28. The Hall–Kier alpha value is -3.68. The Bertz CT molecular complexity index is 1560. The molecule has 1 fully saturated rings. The van der Waals surface area contributed by atoms with E-state index in [1.165, 1.54) is 73.1 Å². The van der Waals surface area contributed by atoms with Crippen molar-refractivity contribution in [1.29, 1.82) is 0 Å². The van der Waals surface area contributed by atoms with Crippen LogP contribution >= 0.6 is 0 Å². The van der Waals surface area contributed by atoms with Crippen LogP contribution < -0.4 is 19.1 Å². The third kappa shape index (κ3) is 6.37. The molecule has 1 saturated heterocycles. The van der Waals surface area contributed by atoms with Crippen LogP contribution in [0.5, 0.6) is 11.5 Å². The summed E-state index contributed by atoms with van der Waals surface area (Å²) in [7, 11) is -5.28. The van der Waals surface area contributed by atoms with E-state index in [-0.39, 0.29) is 26.9 Å². The van der Waals surface area contributed by atoms with Crippen LogP contribution in [0.2, 0.25) is 0 Å². The number of nitrogens with zero attached hydrogens (tertiary/aromatic N) is 2. The number of benzene rings is 3. The van der Waals surface area contributed by atoms with Gasteiger partial charge in [-0.2, -0.15) is 4.31 Å². The molecule has 0 aliphatic carbocycles. The van der Waals surface area contributed by atoms with Gasteiger partial charge in [-0.25, -0.2) is 21.2 Å². The van der Waals surface area contributed by atoms with Crippen molar-refractivity contribution in [3.05, 3.63) is 72.5 Å². The van der Waals surface area contributed by atoms with Crippen molar-refractivity contribution in [2.45, 2.75) is 29.1 Å². The molecule has 1 amide bonds. The molecule has 10 nitrogen and oxygen atoms in total. The molecule has 3 aromatic rings. The molecule has 0 aromatic heterocycles. The smallest absolute Gasteiger partial charge is 0.264 e. The highest BCUT2D eigenvalue weighted by Crippen LogP contribution is 2.31. The molecule has 4 rings (SSSR count). The molecule has 40 heavy (non-hydrogen) atoms. The Morgan fingerprint density at radius 1 is 0.875 bits per heavy atom. The zero-order chi connectivity index (χ0) is 28.9. The van der Waals surface area contributed by atoms with E-state index < -0.39 is 38.3 Å². The minimum Gasteiger partial charge on any atom is -0.497 e. The van der Waals surface area contributed by atoms with E-state index in [2.05, 4.69) is 5.32 Å². The maximum Gasteiger partial charge on any atom is 0.264 e. The molecule has 1 N–H and O–H groups in total. The van der Waals surface area contributed by atoms with Crippen LogP contribution in [0.15, 0.2) is 76.5 Å². The number of sulfonamides is 2. The number of hydrogen-bond donors (Lipinski definition) is 1. The van der Waals surface area contributed by atoms with Crippen LogP contribution in [0.1, 0.15) is 19.3 Å². The average molecular weight is 592 g/mol. The number of piperidine rings is 1. The van der Waals surface area contributed by atoms with Crippen LogP contribution in [0, 0.1) is 5.82 Å². The molecule has 1 aliphatic heterocycles. The number of anilines is 2. The molecule has 0 spiro atoms. The van der Waals surface area contributed by atoms with Crippen molar-refractivity contribution in [1.82, 2.24) is 4.31 Å². The molecular formula is C27H30FN3O7S2. The summed E-state index contributed by atoms with van der Waals surface area (Å²) in [5.41, 5.74) is 0.118. The van der Waals surface area contributed by atoms with Crippen molar-refractivity contribution in [3.63, 3.8) is 0 Å². The lowest BCUT2D eigenvalue weighted by Gasteiger charge is -2.26. The quantitative estimate of drug-likeness (QED) is 0.380. The number of nitrogens with one attached hydrogen (secondary N) is 1. The van der Waals surface area contributed by atoms with E-state index in [9.17, 15) is 26.0 Å². The lowest BCUT2D eigenvalue weighted by atomic mass is 10.2. The molecule has 0 saturated carbocycles. The molecule has 0 atom stereocenters. The number of carbonyl (C=O) groups excluding carboxylic acids is 1. The second-order valence-corrected chi connectivity index (χ2v) is 12.8. The first-order valence-corrected chi connectivity index (χ1v) is 15.3. The summed E-state index contributed by atoms with van der Waals surface area (Å²) in [6, 6.07) is 14.4. The summed E-state index contributed by atoms with van der Waals surface area (Å²) in [6.07, 6.45) is 2.49. The second-order valence-electron chi connectivity index (χ2n) is 9.04. The summed E-state index contributed by atoms with van der Waals surface area (Å²) in [6.45, 7) is 0.129. The summed E-state index contributed by atoms with van der Waals surface area (Å²) in [4.78, 5) is 13.1. The van der Waals surface area contributed by atoms with Crippen molar-refractivity contribution in [2.24, 2.45) is 0 Å². The third-order valence-electron chi connectivity index (χ3n) is 6.45. The fourth-order valence-electron chi connectivity index (χ4n) is 4.32. The molecule has 0 bridgehead atoms. The van der Waals surface area contributed by atoms with Gasteiger partial charge in [-0.1, -0.05) is 6.42 Å². The SMILES string of the molecule is COc1ccc(S(=O)(=O)N(CC(=O)Nc2cc(S(=O)(=O)N3CCCCC3)ccc2OC)c2ccc(F)cc2)cc1. The molecule has 0 radical (unpaired) electrons. The van der Waals surface area contributed by atoms with Gasteiger partial charge in [-0.3, -0.25) is 9.10 Å². The number of halogens is 1. The highest BCUT2D eigenvalue weighted by Gasteiger charge is 2.29. The summed E-state index contributed by atoms with van der Waals surface area (Å²) < 4.78 is 79.8. The lowest BCUT2D eigenvalue weighted by Crippen LogP contribution is -2.38. The summed E-state index contributed by atoms with van der Waals surface area (Å²) >= 11 is 0. The van der Waals surface area contributed by atoms with Crippen molar-refractivity contribution in [3.8, 4) is 11.5 Å². The van der Waals surface area contributed by atoms with Crippen LogP contribution in [0.3, 0.4) is 0 Å². The fraction of sp³-hybridized carbons (Fsp3) is 0.296. The number of rotatable bonds is 10. The van der Waals surface area contributed by atoms with E-state index in [0.29, 0.717) is 18.8 Å². The Labute approximate surface area is 233 Å². The van der Waals surface area contributed by atoms with Gasteiger partial charge in [-0.05, 0) is 79.6 Å². The Kier molecular flexibility index (Phi) is 8.96. The van der Waals surface area contributed by atoms with E-state index in [1.54, 1.807) is 0 Å². The molecule has 0 unspecified atom stereocenters. The van der Waals surface area contributed by atoms with E-state index in [0.717, 1.165) is 35.7 Å². The van der Waals surface area contributed by atoms with Crippen molar-refractivity contribution >= 4 is 37.3 Å². The van der Waals surface area contributed by atoms with E-state index >= 15 is 0 Å². The van der Waals surface area contributed by atoms with Gasteiger partial charge in [0.1, 0.15) is 23.9 Å². The van der Waals surface area contributed by atoms with Gasteiger partial charge >= 0.3 is 0 Å². The monoisotopic (exact) mass is 591 g/mol. The average Bonchev–Trinajstić information content (AvgIpc) is 2.97. The standard InChI is InChI=1S/C27H30FN3O7S2/c1-37-22-10-12-23(13-11-22)40(35,36)31(21-8-6-20(28)7-9-21)19-27(32)29-25-18-24(14-15-26(25)38-2)39(33,34)30-16-4-3-5-17-30/h6-15,18H,3-5,16-17,19H2,1-2H3,(H,29,32). The highest BCUT2D eigenvalue weighted by atomic mass is 32.2. The van der Waals surface area contributed by atoms with Gasteiger partial charge in [0.15, 0.2) is 0 Å². The molecule has 3 aromatic carbocycles. The van der Waals surface area contributed by atoms with Crippen molar-refractivity contribution in [2.75, 3.05) is 43.5 Å². The second kappa shape index (κ2) is 12.2. The molecular weight excluding hydrogens is 561 g/mol. The maximum atomic E-state index is 13.6. The molecule has 1 heterocycles. The molecule has 1 aliphatic rings. The summed E-state index contributed by atoms with van der Waals surface area (Å²) in [5.74, 6) is -0.715. The largest absolute Gasteiger partial charge is 0.497 e. The predicted octanol–water partition coefficient (Wildman–Crippen LogP) is 3.85. The Balaban J connectivity index is 1.64. The maximum absolute atomic E-state index is 13.6. The first-order chi connectivity index (χ1) is 19.1. The first kappa shape index (κ1) is 29.3. The third-order valence-corrected chi connectivity index (χ3v) is 10.1. The number of carbonyl (C=O) groups is 1. The van der Waals surface area contributed by atoms with Crippen LogP contribution in [-0.2, 0) is 24.8 Å². The fourth-order valence-corrected chi connectivity index (χ4v) is 7.28. The van der Waals surface area contributed by atoms with Gasteiger partial charge in [0, 0.05) is 13.1 Å². The van der Waals surface area contributed by atoms with E-state index in [4.69, 9.17) is 9.47 Å². The number of hydrogen-bond acceptors (Lipinski definition) is 7.